The maximum absolute atomic E-state index is 8.58. The second-order valence-corrected chi connectivity index (χ2v) is 5.83. The van der Waals surface area contributed by atoms with Gasteiger partial charge >= 0.3 is 0 Å². The first-order valence-corrected chi connectivity index (χ1v) is 7.73. The Kier molecular flexibility index (Phi) is 8.85. The monoisotopic (exact) mass is 345 g/mol. The molecule has 0 spiro atoms. The zero-order valence-corrected chi connectivity index (χ0v) is 13.8. The lowest BCUT2D eigenvalue weighted by Crippen LogP contribution is -2.18. The minimum Gasteiger partial charge on any atom is -0.490 e. The number of aliphatic hydroxyl groups excluding tert-OH is 1. The van der Waals surface area contributed by atoms with Crippen LogP contribution in [0, 0.1) is 5.92 Å². The highest BCUT2D eigenvalue weighted by atomic mass is 79.9. The van der Waals surface area contributed by atoms with Gasteiger partial charge in [-0.05, 0) is 46.1 Å². The van der Waals surface area contributed by atoms with Crippen molar-refractivity contribution >= 4 is 15.9 Å². The maximum atomic E-state index is 8.58. The number of rotatable bonds is 10. The van der Waals surface area contributed by atoms with Crippen LogP contribution in [0.3, 0.4) is 0 Å². The fraction of sp³-hybridized carbons (Fsp3) is 0.600. The average Bonchev–Trinajstić information content (AvgIpc) is 2.40. The zero-order valence-electron chi connectivity index (χ0n) is 12.2. The van der Waals surface area contributed by atoms with Crippen molar-refractivity contribution in [2.45, 2.75) is 20.4 Å². The standard InChI is InChI=1S/C15H24BrNO3/c1-12(2)10-17-11-13-3-4-15(14(16)9-13)20-8-7-19-6-5-18/h3-4,9,12,17-18H,5-8,10-11H2,1-2H3. The van der Waals surface area contributed by atoms with Crippen LogP contribution in [-0.4, -0.2) is 38.1 Å². The molecule has 0 heterocycles. The number of aliphatic hydroxyl groups is 1. The van der Waals surface area contributed by atoms with Gasteiger partial charge in [0.25, 0.3) is 0 Å². The van der Waals surface area contributed by atoms with E-state index in [0.29, 0.717) is 25.7 Å². The Balaban J connectivity index is 2.35. The van der Waals surface area contributed by atoms with E-state index in [2.05, 4.69) is 47.2 Å². The summed E-state index contributed by atoms with van der Waals surface area (Å²) in [5, 5.41) is 12.0. The topological polar surface area (TPSA) is 50.7 Å². The van der Waals surface area contributed by atoms with Crippen LogP contribution in [0.2, 0.25) is 0 Å². The summed E-state index contributed by atoms with van der Waals surface area (Å²) in [5.74, 6) is 1.46. The molecule has 1 rings (SSSR count). The van der Waals surface area contributed by atoms with Crippen LogP contribution >= 0.6 is 15.9 Å². The molecular weight excluding hydrogens is 322 g/mol. The van der Waals surface area contributed by atoms with Crippen molar-refractivity contribution in [3.05, 3.63) is 28.2 Å². The molecule has 0 aromatic heterocycles. The average molecular weight is 346 g/mol. The van der Waals surface area contributed by atoms with E-state index in [1.165, 1.54) is 5.56 Å². The Labute approximate surface area is 129 Å². The molecular formula is C15H24BrNO3. The summed E-state index contributed by atoms with van der Waals surface area (Å²) in [5.41, 5.74) is 1.22. The minimum absolute atomic E-state index is 0.0434. The van der Waals surface area contributed by atoms with Crippen LogP contribution in [-0.2, 0) is 11.3 Å². The Bertz CT molecular complexity index is 385. The normalized spacial score (nSPS) is 11.1. The lowest BCUT2D eigenvalue weighted by atomic mass is 10.2. The fourth-order valence-electron chi connectivity index (χ4n) is 1.65. The van der Waals surface area contributed by atoms with Crippen molar-refractivity contribution in [3.8, 4) is 5.75 Å². The van der Waals surface area contributed by atoms with Gasteiger partial charge in [0, 0.05) is 6.54 Å². The summed E-state index contributed by atoms with van der Waals surface area (Å²) >= 11 is 3.52. The molecule has 114 valence electrons. The van der Waals surface area contributed by atoms with E-state index in [1.807, 2.05) is 6.07 Å². The molecule has 0 aliphatic heterocycles. The highest BCUT2D eigenvalue weighted by Gasteiger charge is 2.03. The van der Waals surface area contributed by atoms with Crippen LogP contribution in [0.25, 0.3) is 0 Å². The smallest absolute Gasteiger partial charge is 0.133 e. The molecule has 0 saturated carbocycles. The second kappa shape index (κ2) is 10.2. The van der Waals surface area contributed by atoms with Crippen LogP contribution in [0.15, 0.2) is 22.7 Å². The van der Waals surface area contributed by atoms with Crippen molar-refractivity contribution in [2.24, 2.45) is 5.92 Å². The molecule has 0 radical (unpaired) electrons. The lowest BCUT2D eigenvalue weighted by molar-refractivity contribution is 0.0703. The molecule has 0 aliphatic carbocycles. The number of hydrogen-bond acceptors (Lipinski definition) is 4. The summed E-state index contributed by atoms with van der Waals surface area (Å²) in [6, 6.07) is 6.09. The largest absolute Gasteiger partial charge is 0.490 e. The van der Waals surface area contributed by atoms with E-state index >= 15 is 0 Å². The van der Waals surface area contributed by atoms with Gasteiger partial charge in [-0.15, -0.1) is 0 Å². The van der Waals surface area contributed by atoms with E-state index in [4.69, 9.17) is 14.6 Å². The van der Waals surface area contributed by atoms with E-state index < -0.39 is 0 Å². The SMILES string of the molecule is CC(C)CNCc1ccc(OCCOCCO)c(Br)c1. The van der Waals surface area contributed by atoms with Gasteiger partial charge in [-0.25, -0.2) is 0 Å². The molecule has 2 N–H and O–H groups in total. The Morgan fingerprint density at radius 3 is 2.70 bits per heavy atom. The van der Waals surface area contributed by atoms with Crippen molar-refractivity contribution in [1.29, 1.82) is 0 Å². The first kappa shape index (κ1) is 17.4. The Morgan fingerprint density at radius 2 is 2.05 bits per heavy atom. The molecule has 0 fully saturated rings. The molecule has 0 unspecified atom stereocenters. The summed E-state index contributed by atoms with van der Waals surface area (Å²) < 4.78 is 11.7. The number of benzene rings is 1. The molecule has 0 amide bonds. The predicted molar refractivity (Wildman–Crippen MR) is 84.1 cm³/mol. The molecule has 20 heavy (non-hydrogen) atoms. The van der Waals surface area contributed by atoms with Gasteiger partial charge in [-0.1, -0.05) is 19.9 Å². The summed E-state index contributed by atoms with van der Waals surface area (Å²) in [6.45, 7) is 7.60. The van der Waals surface area contributed by atoms with Crippen LogP contribution in [0.4, 0.5) is 0 Å². The zero-order chi connectivity index (χ0) is 14.8. The Hall–Kier alpha value is -0.620. The van der Waals surface area contributed by atoms with E-state index in [-0.39, 0.29) is 6.61 Å². The van der Waals surface area contributed by atoms with Crippen LogP contribution in [0.5, 0.6) is 5.75 Å². The van der Waals surface area contributed by atoms with Crippen LogP contribution < -0.4 is 10.1 Å². The number of ether oxygens (including phenoxy) is 2. The van der Waals surface area contributed by atoms with Gasteiger partial charge in [-0.2, -0.15) is 0 Å². The second-order valence-electron chi connectivity index (χ2n) is 4.97. The summed E-state index contributed by atoms with van der Waals surface area (Å²) in [4.78, 5) is 0. The van der Waals surface area contributed by atoms with Gasteiger partial charge in [0.2, 0.25) is 0 Å². The molecule has 0 saturated heterocycles. The quantitative estimate of drug-likeness (QED) is 0.640. The van der Waals surface area contributed by atoms with Gasteiger partial charge < -0.3 is 19.9 Å². The third-order valence-electron chi connectivity index (χ3n) is 2.60. The summed E-state index contributed by atoms with van der Waals surface area (Å²) in [6.07, 6.45) is 0. The minimum atomic E-state index is 0.0434. The molecule has 4 nitrogen and oxygen atoms in total. The highest BCUT2D eigenvalue weighted by Crippen LogP contribution is 2.25. The molecule has 1 aromatic rings. The molecule has 0 atom stereocenters. The number of hydrogen-bond donors (Lipinski definition) is 2. The first-order valence-electron chi connectivity index (χ1n) is 6.94. The van der Waals surface area contributed by atoms with Crippen LogP contribution in [0.1, 0.15) is 19.4 Å². The van der Waals surface area contributed by atoms with E-state index in [0.717, 1.165) is 23.3 Å². The van der Waals surface area contributed by atoms with Gasteiger partial charge in [-0.3, -0.25) is 0 Å². The third-order valence-corrected chi connectivity index (χ3v) is 3.22. The third kappa shape index (κ3) is 7.24. The Morgan fingerprint density at radius 1 is 1.25 bits per heavy atom. The van der Waals surface area contributed by atoms with Gasteiger partial charge in [0.05, 0.1) is 24.3 Å². The molecule has 5 heteroatoms. The fourth-order valence-corrected chi connectivity index (χ4v) is 2.19. The van der Waals surface area contributed by atoms with Crippen molar-refractivity contribution < 1.29 is 14.6 Å². The van der Waals surface area contributed by atoms with Gasteiger partial charge in [0.1, 0.15) is 12.4 Å². The highest BCUT2D eigenvalue weighted by molar-refractivity contribution is 9.10. The lowest BCUT2D eigenvalue weighted by Gasteiger charge is -2.11. The number of halogens is 1. The molecule has 0 bridgehead atoms. The maximum Gasteiger partial charge on any atom is 0.133 e. The van der Waals surface area contributed by atoms with Gasteiger partial charge in [0.15, 0.2) is 0 Å². The van der Waals surface area contributed by atoms with E-state index in [1.54, 1.807) is 0 Å². The predicted octanol–water partition coefficient (Wildman–Crippen LogP) is 2.58. The van der Waals surface area contributed by atoms with E-state index in [9.17, 15) is 0 Å². The summed E-state index contributed by atoms with van der Waals surface area (Å²) in [7, 11) is 0. The van der Waals surface area contributed by atoms with Crippen molar-refractivity contribution in [3.63, 3.8) is 0 Å². The van der Waals surface area contributed by atoms with Crippen molar-refractivity contribution in [2.75, 3.05) is 33.0 Å². The first-order chi connectivity index (χ1) is 9.63. The molecule has 1 aromatic carbocycles. The molecule has 0 aliphatic rings. The van der Waals surface area contributed by atoms with Crippen molar-refractivity contribution in [1.82, 2.24) is 5.32 Å². The number of nitrogens with one attached hydrogen (secondary N) is 1.